The summed E-state index contributed by atoms with van der Waals surface area (Å²) in [4.78, 5) is 51.2. The number of ether oxygens (including phenoxy) is 1. The van der Waals surface area contributed by atoms with Gasteiger partial charge in [-0.15, -0.1) is 0 Å². The van der Waals surface area contributed by atoms with Crippen LogP contribution in [0.2, 0.25) is 0 Å². The minimum absolute atomic E-state index is 0.0692. The molecule has 2 fully saturated rings. The lowest BCUT2D eigenvalue weighted by Gasteiger charge is -2.19. The number of nitrogens with zero attached hydrogens (tertiary/aromatic N) is 2. The van der Waals surface area contributed by atoms with Crippen molar-refractivity contribution in [2.75, 3.05) is 32.6 Å². The Morgan fingerprint density at radius 2 is 1.64 bits per heavy atom. The Hall–Kier alpha value is -2.90. The predicted molar refractivity (Wildman–Crippen MR) is 101 cm³/mol. The van der Waals surface area contributed by atoms with Crippen LogP contribution >= 0.6 is 0 Å². The first kappa shape index (κ1) is 19.9. The van der Waals surface area contributed by atoms with E-state index in [1.165, 1.54) is 4.90 Å². The molecule has 2 aliphatic rings. The SMILES string of the molecule is CN(C)C(=O)COc1ccc(NC(=O)CN2C(=O)[C@@H]3CCCC[C@H]3C2=O)cc1. The number of nitrogens with one attached hydrogen (secondary N) is 1. The molecular weight excluding hydrogens is 362 g/mol. The number of hydrogen-bond donors (Lipinski definition) is 1. The molecule has 0 radical (unpaired) electrons. The van der Waals surface area contributed by atoms with Gasteiger partial charge in [-0.25, -0.2) is 0 Å². The first-order valence-corrected chi connectivity index (χ1v) is 9.45. The zero-order valence-corrected chi connectivity index (χ0v) is 16.1. The second-order valence-corrected chi connectivity index (χ2v) is 7.41. The standard InChI is InChI=1S/C20H25N3O5/c1-22(2)18(25)12-28-14-9-7-13(8-10-14)21-17(24)11-23-19(26)15-5-3-4-6-16(15)20(23)27/h7-10,15-16H,3-6,11-12H2,1-2H3,(H,21,24)/t15-,16-/m1/s1. The summed E-state index contributed by atoms with van der Waals surface area (Å²) in [5, 5.41) is 2.69. The average molecular weight is 387 g/mol. The van der Waals surface area contributed by atoms with Gasteiger partial charge >= 0.3 is 0 Å². The van der Waals surface area contributed by atoms with Crippen LogP contribution in [0.3, 0.4) is 0 Å². The van der Waals surface area contributed by atoms with E-state index in [4.69, 9.17) is 4.74 Å². The molecule has 0 aromatic heterocycles. The molecule has 150 valence electrons. The first-order valence-electron chi connectivity index (χ1n) is 9.45. The molecule has 0 bridgehead atoms. The number of hydrogen-bond acceptors (Lipinski definition) is 5. The molecule has 1 aromatic carbocycles. The van der Waals surface area contributed by atoms with E-state index in [2.05, 4.69) is 5.32 Å². The minimum Gasteiger partial charge on any atom is -0.484 e. The fourth-order valence-corrected chi connectivity index (χ4v) is 3.64. The Balaban J connectivity index is 1.53. The topological polar surface area (TPSA) is 96.0 Å². The van der Waals surface area contributed by atoms with Gasteiger partial charge in [-0.1, -0.05) is 12.8 Å². The number of likely N-dealkylation sites (N-methyl/N-ethyl adjacent to an activating group) is 1. The van der Waals surface area contributed by atoms with Crippen LogP contribution in [-0.2, 0) is 19.2 Å². The lowest BCUT2D eigenvalue weighted by atomic mass is 9.81. The van der Waals surface area contributed by atoms with Gasteiger partial charge in [0.2, 0.25) is 17.7 Å². The Morgan fingerprint density at radius 1 is 1.07 bits per heavy atom. The summed E-state index contributed by atoms with van der Waals surface area (Å²) in [7, 11) is 3.30. The third-order valence-electron chi connectivity index (χ3n) is 5.23. The molecule has 28 heavy (non-hydrogen) atoms. The number of likely N-dealkylation sites (tertiary alicyclic amines) is 1. The zero-order chi connectivity index (χ0) is 20.3. The molecule has 1 saturated carbocycles. The molecule has 8 heteroatoms. The number of rotatable bonds is 6. The highest BCUT2D eigenvalue weighted by molar-refractivity contribution is 6.08. The van der Waals surface area contributed by atoms with Gasteiger partial charge in [0.1, 0.15) is 12.3 Å². The molecule has 1 N–H and O–H groups in total. The number of anilines is 1. The number of carbonyl (C=O) groups excluding carboxylic acids is 4. The lowest BCUT2D eigenvalue weighted by Crippen LogP contribution is -2.38. The van der Waals surface area contributed by atoms with Gasteiger partial charge in [-0.05, 0) is 37.1 Å². The van der Waals surface area contributed by atoms with E-state index in [-0.39, 0.29) is 42.7 Å². The van der Waals surface area contributed by atoms with Crippen molar-refractivity contribution in [3.8, 4) is 5.75 Å². The maximum atomic E-state index is 12.4. The second kappa shape index (κ2) is 8.41. The Labute approximate surface area is 163 Å². The summed E-state index contributed by atoms with van der Waals surface area (Å²) in [6.07, 6.45) is 3.36. The average Bonchev–Trinajstić information content (AvgIpc) is 2.92. The van der Waals surface area contributed by atoms with E-state index in [0.29, 0.717) is 11.4 Å². The minimum atomic E-state index is -0.420. The van der Waals surface area contributed by atoms with Crippen LogP contribution in [0.25, 0.3) is 0 Å². The molecule has 8 nitrogen and oxygen atoms in total. The highest BCUT2D eigenvalue weighted by Gasteiger charge is 2.48. The second-order valence-electron chi connectivity index (χ2n) is 7.41. The van der Waals surface area contributed by atoms with Crippen molar-refractivity contribution in [1.82, 2.24) is 9.80 Å². The Kier molecular flexibility index (Phi) is 5.96. The van der Waals surface area contributed by atoms with Gasteiger partial charge in [0.05, 0.1) is 11.8 Å². The molecule has 1 heterocycles. The molecule has 2 atom stereocenters. The van der Waals surface area contributed by atoms with E-state index in [0.717, 1.165) is 30.6 Å². The van der Waals surface area contributed by atoms with E-state index in [9.17, 15) is 19.2 Å². The van der Waals surface area contributed by atoms with Crippen molar-refractivity contribution < 1.29 is 23.9 Å². The van der Waals surface area contributed by atoms with E-state index >= 15 is 0 Å². The molecular formula is C20H25N3O5. The van der Waals surface area contributed by atoms with Crippen molar-refractivity contribution in [3.63, 3.8) is 0 Å². The normalized spacial score (nSPS) is 21.3. The van der Waals surface area contributed by atoms with Gasteiger partial charge in [0, 0.05) is 19.8 Å². The fraction of sp³-hybridized carbons (Fsp3) is 0.500. The van der Waals surface area contributed by atoms with Gasteiger partial charge in [-0.3, -0.25) is 24.1 Å². The number of imide groups is 1. The van der Waals surface area contributed by atoms with Crippen molar-refractivity contribution in [2.24, 2.45) is 11.8 Å². The smallest absolute Gasteiger partial charge is 0.259 e. The monoisotopic (exact) mass is 387 g/mol. The maximum absolute atomic E-state index is 12.4. The van der Waals surface area contributed by atoms with Gasteiger partial charge in [0.25, 0.3) is 5.91 Å². The molecule has 4 amide bonds. The fourth-order valence-electron chi connectivity index (χ4n) is 3.64. The number of amides is 4. The van der Waals surface area contributed by atoms with Gasteiger partial charge in [-0.2, -0.15) is 0 Å². The third kappa shape index (κ3) is 4.32. The van der Waals surface area contributed by atoms with Crippen LogP contribution in [0, 0.1) is 11.8 Å². The first-order chi connectivity index (χ1) is 13.4. The highest BCUT2D eigenvalue weighted by atomic mass is 16.5. The molecule has 1 aliphatic carbocycles. The largest absolute Gasteiger partial charge is 0.484 e. The predicted octanol–water partition coefficient (Wildman–Crippen LogP) is 1.27. The number of benzene rings is 1. The summed E-state index contributed by atoms with van der Waals surface area (Å²) in [5.74, 6) is -1.03. The molecule has 1 saturated heterocycles. The summed E-state index contributed by atoms with van der Waals surface area (Å²) >= 11 is 0. The van der Waals surface area contributed by atoms with Crippen LogP contribution < -0.4 is 10.1 Å². The lowest BCUT2D eigenvalue weighted by molar-refractivity contribution is -0.142. The van der Waals surface area contributed by atoms with Crippen LogP contribution in [0.5, 0.6) is 5.75 Å². The summed E-state index contributed by atoms with van der Waals surface area (Å²) in [6, 6.07) is 6.56. The number of carbonyl (C=O) groups is 4. The molecule has 0 unspecified atom stereocenters. The van der Waals surface area contributed by atoms with Crippen LogP contribution in [0.4, 0.5) is 5.69 Å². The molecule has 1 aliphatic heterocycles. The zero-order valence-electron chi connectivity index (χ0n) is 16.1. The third-order valence-corrected chi connectivity index (χ3v) is 5.23. The van der Waals surface area contributed by atoms with Gasteiger partial charge in [0.15, 0.2) is 6.61 Å². The van der Waals surface area contributed by atoms with E-state index in [1.807, 2.05) is 0 Å². The van der Waals surface area contributed by atoms with Crippen molar-refractivity contribution in [2.45, 2.75) is 25.7 Å². The van der Waals surface area contributed by atoms with Gasteiger partial charge < -0.3 is 15.0 Å². The number of fused-ring (bicyclic) bond motifs is 1. The quantitative estimate of drug-likeness (QED) is 0.742. The summed E-state index contributed by atoms with van der Waals surface area (Å²) in [5.41, 5.74) is 0.521. The highest BCUT2D eigenvalue weighted by Crippen LogP contribution is 2.37. The summed E-state index contributed by atoms with van der Waals surface area (Å²) < 4.78 is 5.38. The Morgan fingerprint density at radius 3 is 2.18 bits per heavy atom. The van der Waals surface area contributed by atoms with Crippen molar-refractivity contribution >= 4 is 29.3 Å². The Bertz CT molecular complexity index is 751. The van der Waals surface area contributed by atoms with Crippen LogP contribution in [0.1, 0.15) is 25.7 Å². The molecule has 3 rings (SSSR count). The van der Waals surface area contributed by atoms with E-state index in [1.54, 1.807) is 38.4 Å². The van der Waals surface area contributed by atoms with Crippen LogP contribution in [0.15, 0.2) is 24.3 Å². The summed E-state index contributed by atoms with van der Waals surface area (Å²) in [6.45, 7) is -0.333. The molecule has 1 aromatic rings. The molecule has 0 spiro atoms. The maximum Gasteiger partial charge on any atom is 0.259 e. The van der Waals surface area contributed by atoms with Crippen molar-refractivity contribution in [1.29, 1.82) is 0 Å². The van der Waals surface area contributed by atoms with Crippen LogP contribution in [-0.4, -0.2) is 60.7 Å². The van der Waals surface area contributed by atoms with Crippen molar-refractivity contribution in [3.05, 3.63) is 24.3 Å². The van der Waals surface area contributed by atoms with E-state index < -0.39 is 5.91 Å².